The number of allylic oxidation sites excluding steroid dienone is 2. The summed E-state index contributed by atoms with van der Waals surface area (Å²) in [4.78, 5) is 18.6. The number of nitriles is 1. The third kappa shape index (κ3) is 4.80. The molecule has 6 heteroatoms. The van der Waals surface area contributed by atoms with Gasteiger partial charge in [0.2, 0.25) is 0 Å². The molecule has 184 valence electrons. The van der Waals surface area contributed by atoms with Gasteiger partial charge in [0.05, 0.1) is 18.8 Å². The number of carbonyl (C=O) groups excluding carboxylic acids is 1. The van der Waals surface area contributed by atoms with Crippen LogP contribution in [0.5, 0.6) is 0 Å². The topological polar surface area (TPSA) is 81.2 Å². The summed E-state index contributed by atoms with van der Waals surface area (Å²) in [6, 6.07) is 10.3. The summed E-state index contributed by atoms with van der Waals surface area (Å²) in [5, 5.41) is 12.3. The molecule has 3 aliphatic rings. The number of ether oxygens (including phenoxy) is 1. The van der Waals surface area contributed by atoms with E-state index in [-0.39, 0.29) is 11.4 Å². The lowest BCUT2D eigenvalue weighted by molar-refractivity contribution is -0.0231. The highest BCUT2D eigenvalue weighted by atomic mass is 16.5. The Labute approximate surface area is 208 Å². The van der Waals surface area contributed by atoms with Crippen LogP contribution >= 0.6 is 0 Å². The van der Waals surface area contributed by atoms with Crippen molar-refractivity contribution in [3.8, 4) is 6.07 Å². The van der Waals surface area contributed by atoms with Crippen LogP contribution in [0.2, 0.25) is 0 Å². The van der Waals surface area contributed by atoms with Crippen LogP contribution in [0.1, 0.15) is 86.0 Å². The smallest absolute Gasteiger partial charge is 0.272 e. The molecule has 2 aliphatic carbocycles. The van der Waals surface area contributed by atoms with Crippen molar-refractivity contribution in [2.24, 2.45) is 5.41 Å². The van der Waals surface area contributed by atoms with E-state index in [9.17, 15) is 4.79 Å². The van der Waals surface area contributed by atoms with E-state index < -0.39 is 0 Å². The van der Waals surface area contributed by atoms with Gasteiger partial charge in [0.1, 0.15) is 11.8 Å². The number of rotatable bonds is 5. The summed E-state index contributed by atoms with van der Waals surface area (Å²) in [5.74, 6) is -0.221. The summed E-state index contributed by atoms with van der Waals surface area (Å²) in [6.07, 6.45) is 11.9. The first-order chi connectivity index (χ1) is 16.9. The van der Waals surface area contributed by atoms with Crippen molar-refractivity contribution in [2.45, 2.75) is 64.3 Å². The number of morpholine rings is 1. The van der Waals surface area contributed by atoms with Crippen molar-refractivity contribution in [3.63, 3.8) is 0 Å². The van der Waals surface area contributed by atoms with Gasteiger partial charge in [0.15, 0.2) is 0 Å². The summed E-state index contributed by atoms with van der Waals surface area (Å²) >= 11 is 0. The zero-order valence-corrected chi connectivity index (χ0v) is 21.0. The summed E-state index contributed by atoms with van der Waals surface area (Å²) in [5.41, 5.74) is 5.88. The molecule has 2 fully saturated rings. The number of amides is 1. The maximum atomic E-state index is 13.0. The molecular weight excluding hydrogens is 436 g/mol. The predicted molar refractivity (Wildman–Crippen MR) is 138 cm³/mol. The lowest BCUT2D eigenvalue weighted by Gasteiger charge is -2.44. The average Bonchev–Trinajstić information content (AvgIpc) is 3.56. The number of H-pyrrole nitrogens is 1. The number of carbonyl (C=O) groups is 1. The molecule has 1 aromatic heterocycles. The predicted octanol–water partition coefficient (Wildman–Crippen LogP) is 5.83. The lowest BCUT2D eigenvalue weighted by Crippen LogP contribution is -2.50. The maximum absolute atomic E-state index is 13.0. The number of anilines is 1. The average molecular weight is 473 g/mol. The first-order valence-corrected chi connectivity index (χ1v) is 13.0. The van der Waals surface area contributed by atoms with Gasteiger partial charge < -0.3 is 15.0 Å². The van der Waals surface area contributed by atoms with Crippen LogP contribution in [-0.4, -0.2) is 42.1 Å². The lowest BCUT2D eigenvalue weighted by atomic mass is 9.76. The fraction of sp³-hybridized carbons (Fsp3) is 0.517. The summed E-state index contributed by atoms with van der Waals surface area (Å²) in [7, 11) is 0. The van der Waals surface area contributed by atoms with Crippen molar-refractivity contribution < 1.29 is 9.53 Å². The van der Waals surface area contributed by atoms with E-state index in [4.69, 9.17) is 10.00 Å². The van der Waals surface area contributed by atoms with Crippen LogP contribution in [-0.2, 0) is 10.3 Å². The summed E-state index contributed by atoms with van der Waals surface area (Å²) < 4.78 is 5.67. The van der Waals surface area contributed by atoms with E-state index in [0.717, 1.165) is 56.8 Å². The minimum atomic E-state index is -0.221. The molecule has 1 saturated carbocycles. The molecule has 1 aliphatic heterocycles. The molecule has 0 atom stereocenters. The van der Waals surface area contributed by atoms with Crippen LogP contribution in [0.4, 0.5) is 5.69 Å². The first kappa shape index (κ1) is 23.8. The molecule has 2 heterocycles. The molecule has 1 saturated heterocycles. The Bertz CT molecular complexity index is 1160. The molecule has 0 bridgehead atoms. The Morgan fingerprint density at radius 1 is 1.14 bits per heavy atom. The van der Waals surface area contributed by atoms with Crippen LogP contribution in [0.15, 0.2) is 36.5 Å². The minimum Gasteiger partial charge on any atom is -0.379 e. The van der Waals surface area contributed by atoms with Gasteiger partial charge in [-0.05, 0) is 66.9 Å². The second-order valence-electron chi connectivity index (χ2n) is 11.1. The van der Waals surface area contributed by atoms with Crippen LogP contribution in [0, 0.1) is 16.7 Å². The Hall–Kier alpha value is -2.88. The highest BCUT2D eigenvalue weighted by Gasteiger charge is 2.42. The Morgan fingerprint density at radius 3 is 2.57 bits per heavy atom. The molecule has 2 aromatic rings. The van der Waals surface area contributed by atoms with Gasteiger partial charge in [0, 0.05) is 36.1 Å². The maximum Gasteiger partial charge on any atom is 0.272 e. The zero-order chi connectivity index (χ0) is 24.5. The monoisotopic (exact) mass is 472 g/mol. The molecule has 0 radical (unpaired) electrons. The van der Waals surface area contributed by atoms with Crippen molar-refractivity contribution in [3.05, 3.63) is 58.9 Å². The number of aromatic amines is 1. The first-order valence-electron chi connectivity index (χ1n) is 13.0. The number of nitrogens with one attached hydrogen (secondary N) is 2. The number of hydrogen-bond donors (Lipinski definition) is 2. The van der Waals surface area contributed by atoms with Crippen molar-refractivity contribution in [1.82, 2.24) is 9.88 Å². The van der Waals surface area contributed by atoms with Gasteiger partial charge in [-0.25, -0.2) is 0 Å². The van der Waals surface area contributed by atoms with Gasteiger partial charge in [-0.15, -0.1) is 0 Å². The Kier molecular flexibility index (Phi) is 6.57. The molecule has 2 N–H and O–H groups in total. The fourth-order valence-corrected chi connectivity index (χ4v) is 6.05. The Morgan fingerprint density at radius 2 is 1.91 bits per heavy atom. The molecule has 6 nitrogen and oxygen atoms in total. The van der Waals surface area contributed by atoms with E-state index in [2.05, 4.69) is 59.4 Å². The van der Waals surface area contributed by atoms with Gasteiger partial charge in [0.25, 0.3) is 5.91 Å². The molecular formula is C29H36N4O2. The van der Waals surface area contributed by atoms with Crippen LogP contribution < -0.4 is 5.32 Å². The molecule has 1 aromatic carbocycles. The molecule has 1 amide bonds. The largest absolute Gasteiger partial charge is 0.379 e. The highest BCUT2D eigenvalue weighted by Crippen LogP contribution is 2.47. The second kappa shape index (κ2) is 9.64. The van der Waals surface area contributed by atoms with E-state index in [1.165, 1.54) is 36.8 Å². The van der Waals surface area contributed by atoms with Crippen molar-refractivity contribution in [2.75, 3.05) is 31.6 Å². The quantitative estimate of drug-likeness (QED) is 0.573. The third-order valence-corrected chi connectivity index (χ3v) is 8.23. The normalized spacial score (nSPS) is 21.8. The number of nitrogens with zero attached hydrogens (tertiary/aromatic N) is 2. The summed E-state index contributed by atoms with van der Waals surface area (Å²) in [6.45, 7) is 8.18. The van der Waals surface area contributed by atoms with E-state index in [0.29, 0.717) is 16.7 Å². The standard InChI is InChI=1S/C29H36N4O2/c1-28(2)11-7-22(8-12-28)24-18-23(29(9-3-4-10-29)33-13-15-35-16-14-33)5-6-25(24)32-27(34)26-17-21(19-30)20-31-26/h5-7,17-18,20,31H,3-4,8-16H2,1-2H3,(H,32,34). The van der Waals surface area contributed by atoms with Gasteiger partial charge >= 0.3 is 0 Å². The van der Waals surface area contributed by atoms with Gasteiger partial charge in [-0.3, -0.25) is 9.69 Å². The highest BCUT2D eigenvalue weighted by molar-refractivity contribution is 6.04. The fourth-order valence-electron chi connectivity index (χ4n) is 6.05. The minimum absolute atomic E-state index is 0.0523. The van der Waals surface area contributed by atoms with E-state index in [1.807, 2.05) is 0 Å². The number of aromatic nitrogens is 1. The molecule has 0 unspecified atom stereocenters. The molecule has 5 rings (SSSR count). The number of benzene rings is 1. The second-order valence-corrected chi connectivity index (χ2v) is 11.1. The zero-order valence-electron chi connectivity index (χ0n) is 21.0. The SMILES string of the molecule is CC1(C)CC=C(c2cc(C3(N4CCOCC4)CCCC3)ccc2NC(=O)c2cc(C#N)c[nH]2)CC1. The van der Waals surface area contributed by atoms with Crippen molar-refractivity contribution in [1.29, 1.82) is 5.26 Å². The van der Waals surface area contributed by atoms with Gasteiger partial charge in [-0.2, -0.15) is 5.26 Å². The van der Waals surface area contributed by atoms with Crippen LogP contribution in [0.3, 0.4) is 0 Å². The third-order valence-electron chi connectivity index (χ3n) is 8.23. The number of hydrogen-bond acceptors (Lipinski definition) is 4. The molecule has 35 heavy (non-hydrogen) atoms. The van der Waals surface area contributed by atoms with Crippen molar-refractivity contribution >= 4 is 17.2 Å². The van der Waals surface area contributed by atoms with Gasteiger partial charge in [-0.1, -0.05) is 38.8 Å². The van der Waals surface area contributed by atoms with E-state index >= 15 is 0 Å². The van der Waals surface area contributed by atoms with E-state index in [1.54, 1.807) is 12.3 Å². The Balaban J connectivity index is 1.52. The van der Waals surface area contributed by atoms with Crippen LogP contribution in [0.25, 0.3) is 5.57 Å². The molecule has 0 spiro atoms.